The van der Waals surface area contributed by atoms with E-state index >= 15 is 0 Å². The van der Waals surface area contributed by atoms with Crippen LogP contribution in [0.5, 0.6) is 0 Å². The molecule has 3 rings (SSSR count). The van der Waals surface area contributed by atoms with E-state index in [0.717, 1.165) is 35.4 Å². The van der Waals surface area contributed by atoms with Gasteiger partial charge in [-0.3, -0.25) is 0 Å². The summed E-state index contributed by atoms with van der Waals surface area (Å²) in [5.41, 5.74) is 15.9. The van der Waals surface area contributed by atoms with Crippen molar-refractivity contribution in [2.75, 3.05) is 11.5 Å². The lowest BCUT2D eigenvalue weighted by Gasteiger charge is -2.09. The summed E-state index contributed by atoms with van der Waals surface area (Å²) in [6.45, 7) is 2.99. The SMILES string of the molecule is CCCn1c(-c2cc(N)cc(N)c2)nc2ccc(Cl)cc21. The Labute approximate surface area is 128 Å². The Kier molecular flexibility index (Phi) is 3.47. The number of benzene rings is 2. The van der Waals surface area contributed by atoms with E-state index in [4.69, 9.17) is 28.1 Å². The van der Waals surface area contributed by atoms with E-state index in [-0.39, 0.29) is 0 Å². The van der Waals surface area contributed by atoms with E-state index in [1.165, 1.54) is 0 Å². The van der Waals surface area contributed by atoms with Crippen molar-refractivity contribution < 1.29 is 0 Å². The van der Waals surface area contributed by atoms with Gasteiger partial charge in [-0.15, -0.1) is 0 Å². The van der Waals surface area contributed by atoms with Crippen molar-refractivity contribution in [2.45, 2.75) is 19.9 Å². The van der Waals surface area contributed by atoms with Crippen molar-refractivity contribution in [3.8, 4) is 11.4 Å². The Balaban J connectivity index is 2.27. The van der Waals surface area contributed by atoms with Crippen molar-refractivity contribution in [1.82, 2.24) is 9.55 Å². The van der Waals surface area contributed by atoms with Crippen LogP contribution in [0.3, 0.4) is 0 Å². The number of anilines is 2. The van der Waals surface area contributed by atoms with Gasteiger partial charge in [0.1, 0.15) is 5.82 Å². The first kappa shape index (κ1) is 13.8. The molecular formula is C16H17ClN4. The molecule has 0 atom stereocenters. The number of nitrogens with two attached hydrogens (primary N) is 2. The van der Waals surface area contributed by atoms with E-state index in [1.807, 2.05) is 30.3 Å². The van der Waals surface area contributed by atoms with Gasteiger partial charge in [0.05, 0.1) is 11.0 Å². The quantitative estimate of drug-likeness (QED) is 0.720. The highest BCUT2D eigenvalue weighted by atomic mass is 35.5. The highest BCUT2D eigenvalue weighted by Gasteiger charge is 2.13. The molecule has 0 aliphatic carbocycles. The van der Waals surface area contributed by atoms with Gasteiger partial charge in [-0.25, -0.2) is 4.98 Å². The molecule has 0 bridgehead atoms. The van der Waals surface area contributed by atoms with Gasteiger partial charge in [-0.05, 0) is 42.8 Å². The van der Waals surface area contributed by atoms with Gasteiger partial charge in [0, 0.05) is 28.5 Å². The Hall–Kier alpha value is -2.20. The van der Waals surface area contributed by atoms with Crippen molar-refractivity contribution in [1.29, 1.82) is 0 Å². The van der Waals surface area contributed by atoms with Gasteiger partial charge in [0.2, 0.25) is 0 Å². The molecule has 0 amide bonds. The first-order valence-corrected chi connectivity index (χ1v) is 7.28. The predicted molar refractivity (Wildman–Crippen MR) is 89.3 cm³/mol. The molecule has 0 saturated carbocycles. The number of imidazole rings is 1. The van der Waals surface area contributed by atoms with Gasteiger partial charge >= 0.3 is 0 Å². The molecule has 21 heavy (non-hydrogen) atoms. The van der Waals surface area contributed by atoms with Crippen LogP contribution in [-0.4, -0.2) is 9.55 Å². The first-order valence-electron chi connectivity index (χ1n) is 6.90. The summed E-state index contributed by atoms with van der Waals surface area (Å²) in [4.78, 5) is 4.72. The molecule has 1 heterocycles. The van der Waals surface area contributed by atoms with Gasteiger partial charge in [-0.2, -0.15) is 0 Å². The second kappa shape index (κ2) is 5.30. The zero-order chi connectivity index (χ0) is 15.0. The number of fused-ring (bicyclic) bond motifs is 1. The minimum Gasteiger partial charge on any atom is -0.399 e. The van der Waals surface area contributed by atoms with Crippen LogP contribution in [0, 0.1) is 0 Å². The van der Waals surface area contributed by atoms with Crippen LogP contribution in [0.15, 0.2) is 36.4 Å². The Morgan fingerprint density at radius 1 is 1.10 bits per heavy atom. The normalized spacial score (nSPS) is 11.1. The largest absolute Gasteiger partial charge is 0.399 e. The average molecular weight is 301 g/mol. The third-order valence-electron chi connectivity index (χ3n) is 3.39. The lowest BCUT2D eigenvalue weighted by molar-refractivity contribution is 0.704. The number of halogens is 1. The molecule has 2 aromatic carbocycles. The molecule has 0 unspecified atom stereocenters. The molecule has 4 nitrogen and oxygen atoms in total. The lowest BCUT2D eigenvalue weighted by atomic mass is 10.1. The monoisotopic (exact) mass is 300 g/mol. The third-order valence-corrected chi connectivity index (χ3v) is 3.63. The van der Waals surface area contributed by atoms with Crippen LogP contribution in [0.1, 0.15) is 13.3 Å². The molecule has 0 saturated heterocycles. The minimum absolute atomic E-state index is 0.637. The molecule has 1 aromatic heterocycles. The van der Waals surface area contributed by atoms with Crippen molar-refractivity contribution in [3.05, 3.63) is 41.4 Å². The van der Waals surface area contributed by atoms with E-state index < -0.39 is 0 Å². The lowest BCUT2D eigenvalue weighted by Crippen LogP contribution is -2.01. The summed E-state index contributed by atoms with van der Waals surface area (Å²) in [5.74, 6) is 0.869. The molecule has 0 radical (unpaired) electrons. The number of hydrogen-bond acceptors (Lipinski definition) is 3. The highest BCUT2D eigenvalue weighted by Crippen LogP contribution is 2.29. The first-order chi connectivity index (χ1) is 10.1. The smallest absolute Gasteiger partial charge is 0.141 e. The van der Waals surface area contributed by atoms with Crippen LogP contribution in [0.4, 0.5) is 11.4 Å². The summed E-state index contributed by atoms with van der Waals surface area (Å²) < 4.78 is 2.16. The predicted octanol–water partition coefficient (Wildman–Crippen LogP) is 3.93. The zero-order valence-electron chi connectivity index (χ0n) is 11.8. The number of nitrogen functional groups attached to an aromatic ring is 2. The second-order valence-electron chi connectivity index (χ2n) is 5.11. The summed E-state index contributed by atoms with van der Waals surface area (Å²) >= 11 is 6.12. The van der Waals surface area contributed by atoms with Gasteiger partial charge in [-0.1, -0.05) is 18.5 Å². The van der Waals surface area contributed by atoms with E-state index in [2.05, 4.69) is 11.5 Å². The fourth-order valence-corrected chi connectivity index (χ4v) is 2.74. The summed E-state index contributed by atoms with van der Waals surface area (Å²) in [6, 6.07) is 11.3. The minimum atomic E-state index is 0.637. The van der Waals surface area contributed by atoms with Crippen LogP contribution < -0.4 is 11.5 Å². The molecule has 0 fully saturated rings. The third kappa shape index (κ3) is 2.54. The Bertz CT molecular complexity index is 787. The Morgan fingerprint density at radius 2 is 1.81 bits per heavy atom. The van der Waals surface area contributed by atoms with Gasteiger partial charge < -0.3 is 16.0 Å². The van der Waals surface area contributed by atoms with Crippen molar-refractivity contribution in [2.24, 2.45) is 0 Å². The van der Waals surface area contributed by atoms with E-state index in [1.54, 1.807) is 6.07 Å². The molecule has 4 N–H and O–H groups in total. The fourth-order valence-electron chi connectivity index (χ4n) is 2.57. The summed E-state index contributed by atoms with van der Waals surface area (Å²) in [6.07, 6.45) is 1.00. The summed E-state index contributed by atoms with van der Waals surface area (Å²) in [5, 5.41) is 0.707. The van der Waals surface area contributed by atoms with Crippen molar-refractivity contribution >= 4 is 34.0 Å². The maximum absolute atomic E-state index is 6.12. The highest BCUT2D eigenvalue weighted by molar-refractivity contribution is 6.31. The summed E-state index contributed by atoms with van der Waals surface area (Å²) in [7, 11) is 0. The number of aryl methyl sites for hydroxylation is 1. The maximum Gasteiger partial charge on any atom is 0.141 e. The van der Waals surface area contributed by atoms with E-state index in [9.17, 15) is 0 Å². The molecule has 0 spiro atoms. The standard InChI is InChI=1S/C16H17ClN4/c1-2-5-21-15-8-11(17)3-4-14(15)20-16(21)10-6-12(18)9-13(19)7-10/h3-4,6-9H,2,5,18-19H2,1H3. The fraction of sp³-hybridized carbons (Fsp3) is 0.188. The molecule has 3 aromatic rings. The number of rotatable bonds is 3. The number of aromatic nitrogens is 2. The molecule has 5 heteroatoms. The van der Waals surface area contributed by atoms with E-state index in [0.29, 0.717) is 16.4 Å². The van der Waals surface area contributed by atoms with Crippen LogP contribution in [-0.2, 0) is 6.54 Å². The van der Waals surface area contributed by atoms with Gasteiger partial charge in [0.25, 0.3) is 0 Å². The second-order valence-corrected chi connectivity index (χ2v) is 5.54. The molecule has 0 aliphatic rings. The number of hydrogen-bond donors (Lipinski definition) is 2. The van der Waals surface area contributed by atoms with Crippen LogP contribution >= 0.6 is 11.6 Å². The molecule has 108 valence electrons. The van der Waals surface area contributed by atoms with Crippen molar-refractivity contribution in [3.63, 3.8) is 0 Å². The average Bonchev–Trinajstić information content (AvgIpc) is 2.77. The van der Waals surface area contributed by atoms with Crippen LogP contribution in [0.25, 0.3) is 22.4 Å². The molecular weight excluding hydrogens is 284 g/mol. The number of nitrogens with zero attached hydrogens (tertiary/aromatic N) is 2. The zero-order valence-corrected chi connectivity index (χ0v) is 12.6. The Morgan fingerprint density at radius 3 is 2.48 bits per heavy atom. The van der Waals surface area contributed by atoms with Gasteiger partial charge in [0.15, 0.2) is 0 Å². The van der Waals surface area contributed by atoms with Crippen LogP contribution in [0.2, 0.25) is 5.02 Å². The topological polar surface area (TPSA) is 69.9 Å². The molecule has 0 aliphatic heterocycles. The maximum atomic E-state index is 6.12.